The molecule has 1 saturated heterocycles. The van der Waals surface area contributed by atoms with Crippen LogP contribution in [0.1, 0.15) is 50.2 Å². The number of aryl methyl sites for hydroxylation is 1. The van der Waals surface area contributed by atoms with E-state index in [1.54, 1.807) is 45.9 Å². The van der Waals surface area contributed by atoms with E-state index >= 15 is 0 Å². The zero-order chi connectivity index (χ0) is 30.3. The molecule has 0 aliphatic carbocycles. The lowest BCUT2D eigenvalue weighted by atomic mass is 10.1. The molecule has 0 bridgehead atoms. The second-order valence-corrected chi connectivity index (χ2v) is 10.5. The third kappa shape index (κ3) is 8.78. The number of carbonyl (C=O) groups is 5. The van der Waals surface area contributed by atoms with Gasteiger partial charge < -0.3 is 34.4 Å². The Kier molecular flexibility index (Phi) is 10.1. The summed E-state index contributed by atoms with van der Waals surface area (Å²) in [6, 6.07) is 5.23. The number of aromatic nitrogens is 1. The van der Waals surface area contributed by atoms with Crippen LogP contribution in [-0.2, 0) is 23.9 Å². The lowest BCUT2D eigenvalue weighted by Gasteiger charge is -2.36. The highest BCUT2D eigenvalue weighted by molar-refractivity contribution is 6.00. The molecular formula is C28H36N4O9. The molecule has 1 aliphatic heterocycles. The first-order valence-corrected chi connectivity index (χ1v) is 13.3. The summed E-state index contributed by atoms with van der Waals surface area (Å²) in [4.78, 5) is 70.1. The summed E-state index contributed by atoms with van der Waals surface area (Å²) in [7, 11) is 0. The fourth-order valence-electron chi connectivity index (χ4n) is 4.21. The number of nitrogens with zero attached hydrogens (tertiary/aromatic N) is 3. The van der Waals surface area contributed by atoms with Crippen molar-refractivity contribution in [3.63, 3.8) is 0 Å². The average molecular weight is 573 g/mol. The van der Waals surface area contributed by atoms with Crippen LogP contribution in [0.5, 0.6) is 5.75 Å². The molecule has 1 unspecified atom stereocenters. The van der Waals surface area contributed by atoms with E-state index in [0.717, 1.165) is 5.56 Å². The smallest absolute Gasteiger partial charge is 0.409 e. The third-order valence-corrected chi connectivity index (χ3v) is 6.02. The molecule has 2 aromatic rings. The van der Waals surface area contributed by atoms with E-state index in [9.17, 15) is 24.0 Å². The molecule has 222 valence electrons. The van der Waals surface area contributed by atoms with Crippen molar-refractivity contribution in [2.45, 2.75) is 52.7 Å². The number of piperazine rings is 1. The van der Waals surface area contributed by atoms with Gasteiger partial charge in [0.2, 0.25) is 5.91 Å². The molecule has 13 nitrogen and oxygen atoms in total. The minimum absolute atomic E-state index is 0.127. The zero-order valence-corrected chi connectivity index (χ0v) is 23.9. The molecule has 0 spiro atoms. The summed E-state index contributed by atoms with van der Waals surface area (Å²) in [5.74, 6) is -3.03. The summed E-state index contributed by atoms with van der Waals surface area (Å²) in [5.41, 5.74) is 0.307. The Morgan fingerprint density at radius 3 is 2.32 bits per heavy atom. The first kappa shape index (κ1) is 31.1. The van der Waals surface area contributed by atoms with Crippen LogP contribution in [0.25, 0.3) is 10.9 Å². The summed E-state index contributed by atoms with van der Waals surface area (Å²) in [6.07, 6.45) is -0.911. The van der Waals surface area contributed by atoms with Crippen LogP contribution in [0, 0.1) is 6.92 Å². The van der Waals surface area contributed by atoms with Crippen molar-refractivity contribution in [2.24, 2.45) is 0 Å². The van der Waals surface area contributed by atoms with Gasteiger partial charge in [-0.1, -0.05) is 6.07 Å². The van der Waals surface area contributed by atoms with Crippen molar-refractivity contribution in [3.8, 4) is 5.75 Å². The van der Waals surface area contributed by atoms with Crippen LogP contribution in [-0.4, -0.2) is 101 Å². The minimum Gasteiger partial charge on any atom is -0.481 e. The number of benzene rings is 1. The number of nitrogens with one attached hydrogen (secondary N) is 1. The monoisotopic (exact) mass is 572 g/mol. The molecule has 1 fully saturated rings. The molecular weight excluding hydrogens is 536 g/mol. The van der Waals surface area contributed by atoms with E-state index in [0.29, 0.717) is 10.9 Å². The average Bonchev–Trinajstić information content (AvgIpc) is 2.89. The topological polar surface area (TPSA) is 165 Å². The Morgan fingerprint density at radius 2 is 1.71 bits per heavy atom. The van der Waals surface area contributed by atoms with Crippen LogP contribution < -0.4 is 10.1 Å². The Morgan fingerprint density at radius 1 is 1.05 bits per heavy atom. The predicted octanol–water partition coefficient (Wildman–Crippen LogP) is 2.14. The van der Waals surface area contributed by atoms with Gasteiger partial charge in [-0.3, -0.25) is 14.4 Å². The minimum atomic E-state index is -1.29. The van der Waals surface area contributed by atoms with Gasteiger partial charge in [-0.15, -0.1) is 0 Å². The molecule has 3 rings (SSSR count). The largest absolute Gasteiger partial charge is 0.481 e. The molecule has 0 saturated carbocycles. The lowest BCUT2D eigenvalue weighted by Crippen LogP contribution is -2.56. The molecule has 1 aromatic carbocycles. The second-order valence-electron chi connectivity index (χ2n) is 10.5. The highest BCUT2D eigenvalue weighted by Gasteiger charge is 2.33. The fraction of sp³-hybridized carbons (Fsp3) is 0.500. The molecule has 1 aromatic heterocycles. The molecule has 2 N–H and O–H groups in total. The van der Waals surface area contributed by atoms with Crippen LogP contribution in [0.3, 0.4) is 0 Å². The number of hydrogen-bond acceptors (Lipinski definition) is 9. The normalized spacial score (nSPS) is 14.3. The number of aliphatic carboxylic acids is 1. The van der Waals surface area contributed by atoms with Crippen LogP contribution in [0.4, 0.5) is 4.79 Å². The van der Waals surface area contributed by atoms with Crippen molar-refractivity contribution < 1.29 is 43.3 Å². The predicted molar refractivity (Wildman–Crippen MR) is 147 cm³/mol. The van der Waals surface area contributed by atoms with Gasteiger partial charge in [0.15, 0.2) is 6.61 Å². The zero-order valence-electron chi connectivity index (χ0n) is 23.9. The first-order valence-electron chi connectivity index (χ1n) is 13.3. The third-order valence-electron chi connectivity index (χ3n) is 6.02. The standard InChI is InChI=1S/C28H36N4O9/c1-6-39-27(38)32-11-9-31(10-12-32)26(37)21(15-24(35)41-28(3,4)5)30-25(36)20-14-22(40-16-23(33)34)18-8-7-17(2)13-19(18)29-20/h7-8,13-14,21H,6,9-12,15-16H2,1-5H3,(H,30,36)(H,33,34). The van der Waals surface area contributed by atoms with Gasteiger partial charge in [0.05, 0.1) is 18.5 Å². The van der Waals surface area contributed by atoms with Crippen LogP contribution >= 0.6 is 0 Å². The lowest BCUT2D eigenvalue weighted by molar-refractivity contribution is -0.157. The number of carboxylic acids is 1. The van der Waals surface area contributed by atoms with Crippen LogP contribution in [0.2, 0.25) is 0 Å². The van der Waals surface area contributed by atoms with Gasteiger partial charge in [0, 0.05) is 37.6 Å². The van der Waals surface area contributed by atoms with Crippen molar-refractivity contribution in [1.29, 1.82) is 0 Å². The maximum Gasteiger partial charge on any atom is 0.409 e. The SMILES string of the molecule is CCOC(=O)N1CCN(C(=O)C(CC(=O)OC(C)(C)C)NC(=O)c2cc(OCC(=O)O)c3ccc(C)cc3n2)CC1. The van der Waals surface area contributed by atoms with Crippen molar-refractivity contribution in [1.82, 2.24) is 20.1 Å². The van der Waals surface area contributed by atoms with Gasteiger partial charge in [0.1, 0.15) is 23.1 Å². The molecule has 13 heteroatoms. The summed E-state index contributed by atoms with van der Waals surface area (Å²) in [5, 5.41) is 12.2. The number of pyridine rings is 1. The van der Waals surface area contributed by atoms with Crippen molar-refractivity contribution in [3.05, 3.63) is 35.5 Å². The Bertz CT molecular complexity index is 1310. The number of esters is 1. The van der Waals surface area contributed by atoms with E-state index in [4.69, 9.17) is 19.3 Å². The molecule has 2 heterocycles. The quantitative estimate of drug-likeness (QED) is 0.425. The summed E-state index contributed by atoms with van der Waals surface area (Å²) in [6.45, 7) is 9.02. The van der Waals surface area contributed by atoms with Gasteiger partial charge in [-0.2, -0.15) is 0 Å². The van der Waals surface area contributed by atoms with Crippen molar-refractivity contribution in [2.75, 3.05) is 39.4 Å². The Balaban J connectivity index is 1.86. The van der Waals surface area contributed by atoms with Crippen molar-refractivity contribution >= 4 is 40.7 Å². The maximum atomic E-state index is 13.5. The number of carbonyl (C=O) groups excluding carboxylic acids is 4. The van der Waals surface area contributed by atoms with E-state index < -0.39 is 54.5 Å². The fourth-order valence-corrected chi connectivity index (χ4v) is 4.21. The maximum absolute atomic E-state index is 13.5. The summed E-state index contributed by atoms with van der Waals surface area (Å²) >= 11 is 0. The second kappa shape index (κ2) is 13.3. The van der Waals surface area contributed by atoms with E-state index in [1.165, 1.54) is 15.9 Å². The van der Waals surface area contributed by atoms with Gasteiger partial charge in [-0.25, -0.2) is 14.6 Å². The molecule has 3 amide bonds. The highest BCUT2D eigenvalue weighted by atomic mass is 16.6. The van der Waals surface area contributed by atoms with Gasteiger partial charge in [0.25, 0.3) is 5.91 Å². The van der Waals surface area contributed by atoms with Crippen LogP contribution in [0.15, 0.2) is 24.3 Å². The number of fused-ring (bicyclic) bond motifs is 1. The summed E-state index contributed by atoms with van der Waals surface area (Å²) < 4.78 is 15.8. The number of ether oxygens (including phenoxy) is 3. The number of amides is 3. The Hall–Kier alpha value is -4.42. The highest BCUT2D eigenvalue weighted by Crippen LogP contribution is 2.27. The first-order chi connectivity index (χ1) is 19.3. The van der Waals surface area contributed by atoms with E-state index in [1.807, 2.05) is 6.92 Å². The number of rotatable bonds is 9. The number of hydrogen-bond donors (Lipinski definition) is 2. The van der Waals surface area contributed by atoms with E-state index in [2.05, 4.69) is 10.3 Å². The molecule has 41 heavy (non-hydrogen) atoms. The molecule has 1 aliphatic rings. The molecule has 0 radical (unpaired) electrons. The number of carboxylic acid groups (broad SMARTS) is 1. The van der Waals surface area contributed by atoms with Gasteiger partial charge in [-0.05, 0) is 52.3 Å². The van der Waals surface area contributed by atoms with Gasteiger partial charge >= 0.3 is 18.0 Å². The Labute approximate surface area is 237 Å². The van der Waals surface area contributed by atoms with E-state index in [-0.39, 0.29) is 44.2 Å². The molecule has 1 atom stereocenters.